The van der Waals surface area contributed by atoms with Crippen molar-refractivity contribution in [3.63, 3.8) is 0 Å². The zero-order valence-electron chi connectivity index (χ0n) is 37.3. The van der Waals surface area contributed by atoms with Crippen LogP contribution in [0.5, 0.6) is 23.0 Å². The molecule has 0 saturated heterocycles. The summed E-state index contributed by atoms with van der Waals surface area (Å²) >= 11 is 0. The van der Waals surface area contributed by atoms with Gasteiger partial charge in [-0.3, -0.25) is 19.2 Å². The number of benzene rings is 4. The summed E-state index contributed by atoms with van der Waals surface area (Å²) in [7, 11) is 5.91. The van der Waals surface area contributed by atoms with Gasteiger partial charge in [0.2, 0.25) is 23.1 Å². The molecule has 0 aromatic heterocycles. The van der Waals surface area contributed by atoms with E-state index in [9.17, 15) is 19.2 Å². The molecule has 8 bridgehead atoms. The standard InChI is InChI=1S/C50H60O8/c1-47(2,3)31-19-27-17-28-20-32(48(4,5)6)25-37(44(28)56-14)41(53)42(54)38-26-34(50(10,11)12)22-30(46(38)58-16)18-29-21-33(49(7,8)9)24-36(45(29)57-15)40(52)39(51)35(23-31)43(27)55-13/h19-26H,17-18H2,1-16H3. The minimum Gasteiger partial charge on any atom is -0.496 e. The molecule has 0 unspecified atom stereocenters. The Kier molecular flexibility index (Phi) is 11.7. The van der Waals surface area contributed by atoms with Crippen LogP contribution in [0.2, 0.25) is 0 Å². The Labute approximate surface area is 344 Å². The maximum atomic E-state index is 14.8. The first-order chi connectivity index (χ1) is 26.8. The fourth-order valence-corrected chi connectivity index (χ4v) is 7.55. The van der Waals surface area contributed by atoms with Gasteiger partial charge in [-0.2, -0.15) is 0 Å². The van der Waals surface area contributed by atoms with Crippen molar-refractivity contribution in [1.29, 1.82) is 0 Å². The molecule has 1 aliphatic carbocycles. The van der Waals surface area contributed by atoms with Crippen LogP contribution in [-0.2, 0) is 34.5 Å². The van der Waals surface area contributed by atoms with Crippen LogP contribution in [0.15, 0.2) is 48.5 Å². The number of ketones is 4. The van der Waals surface area contributed by atoms with Gasteiger partial charge in [0.05, 0.1) is 50.7 Å². The van der Waals surface area contributed by atoms with E-state index in [1.54, 1.807) is 24.3 Å². The summed E-state index contributed by atoms with van der Waals surface area (Å²) in [5.41, 5.74) is 4.40. The zero-order chi connectivity index (χ0) is 43.4. The fraction of sp³-hybridized carbons (Fsp3) is 0.440. The summed E-state index contributed by atoms with van der Waals surface area (Å²) in [5.74, 6) is -2.03. The Morgan fingerprint density at radius 2 is 0.500 bits per heavy atom. The Morgan fingerprint density at radius 1 is 0.328 bits per heavy atom. The third-order valence-corrected chi connectivity index (χ3v) is 11.1. The highest BCUT2D eigenvalue weighted by Crippen LogP contribution is 2.42. The van der Waals surface area contributed by atoms with E-state index in [1.807, 2.05) is 107 Å². The second-order valence-corrected chi connectivity index (χ2v) is 19.5. The van der Waals surface area contributed by atoms with Gasteiger partial charge in [-0.05, 0) is 90.4 Å². The van der Waals surface area contributed by atoms with E-state index in [0.29, 0.717) is 22.3 Å². The van der Waals surface area contributed by atoms with Crippen LogP contribution in [0.1, 0.15) is 169 Å². The summed E-state index contributed by atoms with van der Waals surface area (Å²) in [4.78, 5) is 59.4. The van der Waals surface area contributed by atoms with E-state index in [2.05, 4.69) is 0 Å². The molecule has 0 aliphatic heterocycles. The molecule has 0 N–H and O–H groups in total. The van der Waals surface area contributed by atoms with Crippen LogP contribution in [-0.4, -0.2) is 51.6 Å². The van der Waals surface area contributed by atoms with Crippen molar-refractivity contribution >= 4 is 23.1 Å². The lowest BCUT2D eigenvalue weighted by Crippen LogP contribution is -2.23. The van der Waals surface area contributed by atoms with Gasteiger partial charge in [-0.1, -0.05) is 107 Å². The average molecular weight is 789 g/mol. The normalized spacial score (nSPS) is 14.2. The van der Waals surface area contributed by atoms with E-state index in [-0.39, 0.29) is 58.1 Å². The van der Waals surface area contributed by atoms with Gasteiger partial charge in [0.25, 0.3) is 0 Å². The molecular formula is C50H60O8. The molecule has 0 heterocycles. The summed E-state index contributed by atoms with van der Waals surface area (Å²) in [6.45, 7) is 24.4. The number of hydrogen-bond donors (Lipinski definition) is 0. The smallest absolute Gasteiger partial charge is 0.237 e. The number of hydrogen-bond acceptors (Lipinski definition) is 8. The van der Waals surface area contributed by atoms with Gasteiger partial charge in [0.15, 0.2) is 0 Å². The van der Waals surface area contributed by atoms with Gasteiger partial charge < -0.3 is 18.9 Å². The van der Waals surface area contributed by atoms with E-state index in [1.165, 1.54) is 28.4 Å². The SMILES string of the molecule is COc1c2cc(C(C)(C)C)cc1C(=O)C(=O)c1cc(C(C)(C)C)cc(c1OC)Cc1cc(C(C)(C)C)cc(c1OC)C(=O)C(=O)c1cc(C(C)(C)C)cc(c1OC)C2. The second kappa shape index (κ2) is 15.5. The van der Waals surface area contributed by atoms with Gasteiger partial charge in [0, 0.05) is 12.8 Å². The minimum absolute atomic E-state index is 0.113. The van der Waals surface area contributed by atoms with E-state index in [4.69, 9.17) is 18.9 Å². The molecule has 0 spiro atoms. The Hall–Kier alpha value is -5.24. The van der Waals surface area contributed by atoms with Crippen LogP contribution in [0, 0.1) is 0 Å². The Bertz CT molecular complexity index is 2000. The molecular weight excluding hydrogens is 729 g/mol. The van der Waals surface area contributed by atoms with Gasteiger partial charge >= 0.3 is 0 Å². The Balaban J connectivity index is 2.01. The molecule has 8 heteroatoms. The summed E-state index contributed by atoms with van der Waals surface area (Å²) < 4.78 is 24.1. The number of fused-ring (bicyclic) bond motifs is 8. The topological polar surface area (TPSA) is 105 Å². The number of methoxy groups -OCH3 is 4. The maximum absolute atomic E-state index is 14.8. The van der Waals surface area contributed by atoms with E-state index >= 15 is 0 Å². The molecule has 8 nitrogen and oxygen atoms in total. The third kappa shape index (κ3) is 8.34. The molecule has 0 radical (unpaired) electrons. The second-order valence-electron chi connectivity index (χ2n) is 19.5. The highest BCUT2D eigenvalue weighted by molar-refractivity contribution is 6.51. The van der Waals surface area contributed by atoms with Crippen molar-refractivity contribution in [2.24, 2.45) is 0 Å². The van der Waals surface area contributed by atoms with Crippen molar-refractivity contribution < 1.29 is 38.1 Å². The molecule has 0 saturated carbocycles. The maximum Gasteiger partial charge on any atom is 0.237 e. The number of carbonyl (C=O) groups is 4. The van der Waals surface area contributed by atoms with Crippen LogP contribution in [0.3, 0.4) is 0 Å². The third-order valence-electron chi connectivity index (χ3n) is 11.1. The largest absolute Gasteiger partial charge is 0.496 e. The number of ether oxygens (including phenoxy) is 4. The van der Waals surface area contributed by atoms with Crippen LogP contribution < -0.4 is 18.9 Å². The molecule has 308 valence electrons. The number of carbonyl (C=O) groups excluding carboxylic acids is 4. The quantitative estimate of drug-likeness (QED) is 0.188. The first kappa shape index (κ1) is 43.9. The molecule has 1 aliphatic rings. The van der Waals surface area contributed by atoms with Gasteiger partial charge in [0.1, 0.15) is 23.0 Å². The molecule has 5 rings (SSSR count). The van der Waals surface area contributed by atoms with Crippen molar-refractivity contribution in [3.05, 3.63) is 115 Å². The van der Waals surface area contributed by atoms with Crippen molar-refractivity contribution in [2.45, 2.75) is 118 Å². The monoisotopic (exact) mass is 788 g/mol. The lowest BCUT2D eigenvalue weighted by atomic mass is 9.79. The first-order valence-electron chi connectivity index (χ1n) is 19.8. The molecule has 0 atom stereocenters. The molecule has 4 aromatic rings. The summed E-state index contributed by atoms with van der Waals surface area (Å²) in [5, 5.41) is 0. The molecule has 4 aromatic carbocycles. The van der Waals surface area contributed by atoms with Gasteiger partial charge in [-0.25, -0.2) is 0 Å². The van der Waals surface area contributed by atoms with Crippen molar-refractivity contribution in [1.82, 2.24) is 0 Å². The summed E-state index contributed by atoms with van der Waals surface area (Å²) in [6.07, 6.45) is 0.312. The van der Waals surface area contributed by atoms with Crippen LogP contribution in [0.4, 0.5) is 0 Å². The van der Waals surface area contributed by atoms with Crippen molar-refractivity contribution in [3.8, 4) is 23.0 Å². The molecule has 58 heavy (non-hydrogen) atoms. The lowest BCUT2D eigenvalue weighted by molar-refractivity contribution is 0.0812. The lowest BCUT2D eigenvalue weighted by Gasteiger charge is -2.27. The number of rotatable bonds is 4. The fourth-order valence-electron chi connectivity index (χ4n) is 7.55. The first-order valence-corrected chi connectivity index (χ1v) is 19.8. The molecule has 0 fully saturated rings. The van der Waals surface area contributed by atoms with Gasteiger partial charge in [-0.15, -0.1) is 0 Å². The van der Waals surface area contributed by atoms with E-state index < -0.39 is 44.8 Å². The summed E-state index contributed by atoms with van der Waals surface area (Å²) in [6, 6.07) is 14.8. The predicted octanol–water partition coefficient (Wildman–Crippen LogP) is 10.5. The molecule has 0 amide bonds. The van der Waals surface area contributed by atoms with Crippen LogP contribution >= 0.6 is 0 Å². The zero-order valence-corrected chi connectivity index (χ0v) is 37.3. The average Bonchev–Trinajstić information content (AvgIpc) is 3.13. The van der Waals surface area contributed by atoms with Crippen molar-refractivity contribution in [2.75, 3.05) is 28.4 Å². The highest BCUT2D eigenvalue weighted by Gasteiger charge is 2.35. The highest BCUT2D eigenvalue weighted by atomic mass is 16.5. The Morgan fingerprint density at radius 3 is 0.638 bits per heavy atom. The van der Waals surface area contributed by atoms with E-state index in [0.717, 1.165) is 22.3 Å². The van der Waals surface area contributed by atoms with Crippen LogP contribution in [0.25, 0.3) is 0 Å². The minimum atomic E-state index is -0.743. The number of Topliss-reactive ketones (excluding diaryl/α,β-unsaturated/α-hetero) is 4. The predicted molar refractivity (Wildman–Crippen MR) is 230 cm³/mol.